The van der Waals surface area contributed by atoms with E-state index in [-0.39, 0.29) is 5.56 Å². The molecule has 1 aromatic carbocycles. The van der Waals surface area contributed by atoms with Gasteiger partial charge in [0.1, 0.15) is 5.75 Å². The minimum Gasteiger partial charge on any atom is -0.496 e. The molecular weight excluding hydrogens is 340 g/mol. The van der Waals surface area contributed by atoms with Gasteiger partial charge < -0.3 is 4.74 Å². The maximum atomic E-state index is 12.1. The highest BCUT2D eigenvalue weighted by molar-refractivity contribution is 5.44. The molecule has 0 radical (unpaired) electrons. The fraction of sp³-hybridized carbons (Fsp3) is 0.429. The molecule has 3 aromatic rings. The van der Waals surface area contributed by atoms with E-state index in [2.05, 4.69) is 41.0 Å². The summed E-state index contributed by atoms with van der Waals surface area (Å²) in [5, 5.41) is 3.25. The number of hydrogen-bond acceptors (Lipinski definition) is 4. The molecule has 6 heteroatoms. The number of rotatable bonds is 4. The van der Waals surface area contributed by atoms with Crippen molar-refractivity contribution in [2.75, 3.05) is 20.2 Å². The van der Waals surface area contributed by atoms with E-state index in [9.17, 15) is 4.79 Å². The normalized spacial score (nSPS) is 17.7. The molecule has 0 saturated carbocycles. The number of aromatic amines is 1. The van der Waals surface area contributed by atoms with Crippen LogP contribution in [0.15, 0.2) is 29.1 Å². The number of H-pyrrole nitrogens is 1. The minimum atomic E-state index is -0.0528. The van der Waals surface area contributed by atoms with Gasteiger partial charge in [-0.2, -0.15) is 0 Å². The Morgan fingerprint density at radius 2 is 2.04 bits per heavy atom. The summed E-state index contributed by atoms with van der Waals surface area (Å²) >= 11 is 0. The molecule has 4 rings (SSSR count). The zero-order valence-corrected chi connectivity index (χ0v) is 16.4. The summed E-state index contributed by atoms with van der Waals surface area (Å²) in [5.41, 5.74) is 6.35. The fourth-order valence-corrected chi connectivity index (χ4v) is 4.05. The van der Waals surface area contributed by atoms with Gasteiger partial charge in [-0.25, -0.2) is 9.50 Å². The van der Waals surface area contributed by atoms with Crippen molar-refractivity contribution in [2.45, 2.75) is 39.7 Å². The Hall–Kier alpha value is -2.60. The number of aryl methyl sites for hydroxylation is 1. The molecule has 1 atom stereocenters. The molecule has 27 heavy (non-hydrogen) atoms. The van der Waals surface area contributed by atoms with Crippen LogP contribution in [0.5, 0.6) is 5.75 Å². The lowest BCUT2D eigenvalue weighted by atomic mass is 10.0. The molecule has 0 bridgehead atoms. The van der Waals surface area contributed by atoms with Crippen molar-refractivity contribution in [3.63, 3.8) is 0 Å². The number of nitrogens with one attached hydrogen (secondary N) is 1. The molecule has 1 fully saturated rings. The molecule has 0 amide bonds. The van der Waals surface area contributed by atoms with Gasteiger partial charge >= 0.3 is 0 Å². The van der Waals surface area contributed by atoms with E-state index in [0.29, 0.717) is 11.6 Å². The molecule has 3 heterocycles. The molecule has 142 valence electrons. The van der Waals surface area contributed by atoms with E-state index < -0.39 is 0 Å². The maximum absolute atomic E-state index is 12.1. The van der Waals surface area contributed by atoms with Crippen LogP contribution >= 0.6 is 0 Å². The highest BCUT2D eigenvalue weighted by Gasteiger charge is 2.26. The van der Waals surface area contributed by atoms with Crippen LogP contribution in [0, 0.1) is 20.8 Å². The standard InChI is InChI=1S/C21H26N4O2/c1-13-9-21(26)25-20(22-13)10-18(23-25)17-7-8-24(12-17)11-16-5-6-19(27-4)15(3)14(16)2/h5-6,9-10,17,23H,7-8,11-12H2,1-4H3. The van der Waals surface area contributed by atoms with Crippen LogP contribution in [0.2, 0.25) is 0 Å². The SMILES string of the molecule is COc1ccc(CN2CCC(c3cc4nc(C)cc(=O)n4[nH]3)C2)c(C)c1C. The summed E-state index contributed by atoms with van der Waals surface area (Å²) < 4.78 is 6.96. The number of likely N-dealkylation sites (tertiary alicyclic amines) is 1. The first-order chi connectivity index (χ1) is 13.0. The first-order valence-corrected chi connectivity index (χ1v) is 9.41. The van der Waals surface area contributed by atoms with Gasteiger partial charge in [-0.3, -0.25) is 14.8 Å². The molecule has 1 aliphatic rings. The predicted octanol–water partition coefficient (Wildman–Crippen LogP) is 2.95. The van der Waals surface area contributed by atoms with Crippen LogP contribution in [0.4, 0.5) is 0 Å². The van der Waals surface area contributed by atoms with E-state index in [0.717, 1.165) is 43.2 Å². The third kappa shape index (κ3) is 3.25. The van der Waals surface area contributed by atoms with Gasteiger partial charge in [-0.15, -0.1) is 0 Å². The molecule has 1 aliphatic heterocycles. The molecule has 1 N–H and O–H groups in total. The first-order valence-electron chi connectivity index (χ1n) is 9.41. The third-order valence-corrected chi connectivity index (χ3v) is 5.77. The second-order valence-corrected chi connectivity index (χ2v) is 7.54. The zero-order valence-electron chi connectivity index (χ0n) is 16.4. The molecule has 2 aromatic heterocycles. The van der Waals surface area contributed by atoms with Gasteiger partial charge in [0.25, 0.3) is 5.56 Å². The summed E-state index contributed by atoms with van der Waals surface area (Å²) in [4.78, 5) is 19.1. The summed E-state index contributed by atoms with van der Waals surface area (Å²) in [6.45, 7) is 9.09. The fourth-order valence-electron chi connectivity index (χ4n) is 4.05. The summed E-state index contributed by atoms with van der Waals surface area (Å²) in [6, 6.07) is 7.81. The topological polar surface area (TPSA) is 62.6 Å². The quantitative estimate of drug-likeness (QED) is 0.771. The summed E-state index contributed by atoms with van der Waals surface area (Å²) in [5.74, 6) is 1.34. The zero-order chi connectivity index (χ0) is 19.1. The van der Waals surface area contributed by atoms with Crippen molar-refractivity contribution >= 4 is 5.65 Å². The second-order valence-electron chi connectivity index (χ2n) is 7.54. The van der Waals surface area contributed by atoms with Crippen molar-refractivity contribution in [1.82, 2.24) is 19.5 Å². The number of methoxy groups -OCH3 is 1. The molecule has 1 unspecified atom stereocenters. The van der Waals surface area contributed by atoms with E-state index in [1.54, 1.807) is 17.7 Å². The lowest BCUT2D eigenvalue weighted by Gasteiger charge is -2.19. The Morgan fingerprint density at radius 1 is 1.22 bits per heavy atom. The largest absolute Gasteiger partial charge is 0.496 e. The molecule has 0 aliphatic carbocycles. The van der Waals surface area contributed by atoms with Crippen LogP contribution in [0.3, 0.4) is 0 Å². The van der Waals surface area contributed by atoms with E-state index in [1.807, 2.05) is 13.0 Å². The number of benzene rings is 1. The van der Waals surface area contributed by atoms with Crippen LogP contribution < -0.4 is 10.3 Å². The average Bonchev–Trinajstić information content (AvgIpc) is 3.26. The van der Waals surface area contributed by atoms with Gasteiger partial charge in [0.15, 0.2) is 5.65 Å². The lowest BCUT2D eigenvalue weighted by molar-refractivity contribution is 0.325. The van der Waals surface area contributed by atoms with E-state index in [1.165, 1.54) is 16.7 Å². The second kappa shape index (κ2) is 6.85. The van der Waals surface area contributed by atoms with E-state index >= 15 is 0 Å². The highest BCUT2D eigenvalue weighted by Crippen LogP contribution is 2.30. The summed E-state index contributed by atoms with van der Waals surface area (Å²) in [7, 11) is 1.72. The third-order valence-electron chi connectivity index (χ3n) is 5.77. The Balaban J connectivity index is 1.52. The Labute approximate surface area is 158 Å². The van der Waals surface area contributed by atoms with Gasteiger partial charge in [-0.1, -0.05) is 6.07 Å². The van der Waals surface area contributed by atoms with Crippen molar-refractivity contribution in [3.05, 3.63) is 62.7 Å². The maximum Gasteiger partial charge on any atom is 0.272 e. The number of nitrogens with zero attached hydrogens (tertiary/aromatic N) is 3. The van der Waals surface area contributed by atoms with Crippen molar-refractivity contribution in [3.8, 4) is 5.75 Å². The summed E-state index contributed by atoms with van der Waals surface area (Å²) in [6.07, 6.45) is 1.08. The number of fused-ring (bicyclic) bond motifs is 1. The average molecular weight is 366 g/mol. The smallest absolute Gasteiger partial charge is 0.272 e. The first kappa shape index (κ1) is 17.8. The highest BCUT2D eigenvalue weighted by atomic mass is 16.5. The van der Waals surface area contributed by atoms with Gasteiger partial charge in [0.2, 0.25) is 0 Å². The van der Waals surface area contributed by atoms with Gasteiger partial charge in [0.05, 0.1) is 7.11 Å². The van der Waals surface area contributed by atoms with Crippen molar-refractivity contribution in [2.24, 2.45) is 0 Å². The van der Waals surface area contributed by atoms with Crippen LogP contribution in [0.25, 0.3) is 5.65 Å². The molecular formula is C21H26N4O2. The molecule has 0 spiro atoms. The van der Waals surface area contributed by atoms with Crippen molar-refractivity contribution < 1.29 is 4.74 Å². The Kier molecular flexibility index (Phi) is 4.52. The Bertz CT molecular complexity index is 1050. The lowest BCUT2D eigenvalue weighted by Crippen LogP contribution is -2.20. The molecule has 6 nitrogen and oxygen atoms in total. The Morgan fingerprint density at radius 3 is 2.81 bits per heavy atom. The van der Waals surface area contributed by atoms with Crippen molar-refractivity contribution in [1.29, 1.82) is 0 Å². The number of ether oxygens (including phenoxy) is 1. The van der Waals surface area contributed by atoms with Crippen LogP contribution in [-0.4, -0.2) is 39.7 Å². The monoisotopic (exact) mass is 366 g/mol. The van der Waals surface area contributed by atoms with Crippen LogP contribution in [-0.2, 0) is 6.54 Å². The van der Waals surface area contributed by atoms with Gasteiger partial charge in [0, 0.05) is 42.5 Å². The minimum absolute atomic E-state index is 0.0528. The molecule has 1 saturated heterocycles. The predicted molar refractivity (Wildman–Crippen MR) is 106 cm³/mol. The number of hydrogen-bond donors (Lipinski definition) is 1. The van der Waals surface area contributed by atoms with Gasteiger partial charge in [-0.05, 0) is 56.5 Å². The van der Waals surface area contributed by atoms with E-state index in [4.69, 9.17) is 4.74 Å². The van der Waals surface area contributed by atoms with Crippen LogP contribution in [0.1, 0.15) is 40.4 Å². The number of aromatic nitrogens is 3.